The van der Waals surface area contributed by atoms with Gasteiger partial charge in [-0.05, 0) is 53.9 Å². The van der Waals surface area contributed by atoms with E-state index < -0.39 is 10.0 Å². The first-order valence-electron chi connectivity index (χ1n) is 7.33. The van der Waals surface area contributed by atoms with Crippen LogP contribution in [0.5, 0.6) is 0 Å². The van der Waals surface area contributed by atoms with Crippen LogP contribution in [0.2, 0.25) is 0 Å². The monoisotopic (exact) mass is 373 g/mol. The molecule has 0 aliphatic rings. The first kappa shape index (κ1) is 15.8. The number of aromatic nitrogens is 2. The maximum absolute atomic E-state index is 13.0. The molecule has 2 heterocycles. The summed E-state index contributed by atoms with van der Waals surface area (Å²) in [4.78, 5) is 7.57. The Morgan fingerprint density at radius 3 is 2.60 bits per heavy atom. The second kappa shape index (κ2) is 5.98. The fourth-order valence-electron chi connectivity index (χ4n) is 2.44. The molecule has 5 nitrogen and oxygen atoms in total. The van der Waals surface area contributed by atoms with Crippen LogP contribution in [-0.4, -0.2) is 18.4 Å². The number of imidazole rings is 1. The van der Waals surface area contributed by atoms with Gasteiger partial charge in [-0.25, -0.2) is 17.8 Å². The lowest BCUT2D eigenvalue weighted by Crippen LogP contribution is -2.11. The number of anilines is 1. The van der Waals surface area contributed by atoms with Crippen molar-refractivity contribution < 1.29 is 12.8 Å². The van der Waals surface area contributed by atoms with E-state index in [4.69, 9.17) is 0 Å². The third-order valence-electron chi connectivity index (χ3n) is 3.61. The molecule has 0 unspecified atom stereocenters. The summed E-state index contributed by atoms with van der Waals surface area (Å²) in [7, 11) is -3.60. The van der Waals surface area contributed by atoms with E-state index >= 15 is 0 Å². The minimum atomic E-state index is -3.60. The number of H-pyrrole nitrogens is 1. The van der Waals surface area contributed by atoms with Gasteiger partial charge in [-0.15, -0.1) is 11.3 Å². The van der Waals surface area contributed by atoms with Crippen molar-refractivity contribution in [2.24, 2.45) is 0 Å². The Balaban J connectivity index is 1.68. The van der Waals surface area contributed by atoms with E-state index in [2.05, 4.69) is 14.7 Å². The molecule has 0 aliphatic carbocycles. The average Bonchev–Trinajstić information content (AvgIpc) is 3.25. The largest absolute Gasteiger partial charge is 0.338 e. The molecule has 4 aromatic rings. The lowest BCUT2D eigenvalue weighted by atomic mass is 10.2. The first-order chi connectivity index (χ1) is 12.0. The molecule has 0 spiro atoms. The van der Waals surface area contributed by atoms with Crippen LogP contribution in [0.1, 0.15) is 0 Å². The van der Waals surface area contributed by atoms with Crippen LogP contribution < -0.4 is 4.72 Å². The predicted octanol–water partition coefficient (Wildman–Crippen LogP) is 4.23. The fourth-order valence-corrected chi connectivity index (χ4v) is 4.48. The fraction of sp³-hybridized carbons (Fsp3) is 0. The first-order valence-corrected chi connectivity index (χ1v) is 9.70. The summed E-state index contributed by atoms with van der Waals surface area (Å²) >= 11 is 1.15. The lowest BCUT2D eigenvalue weighted by molar-refractivity contribution is 0.603. The Morgan fingerprint density at radius 1 is 1.08 bits per heavy atom. The van der Waals surface area contributed by atoms with Gasteiger partial charge in [0.2, 0.25) is 0 Å². The molecule has 2 aromatic carbocycles. The highest BCUT2D eigenvalue weighted by Crippen LogP contribution is 2.25. The van der Waals surface area contributed by atoms with Crippen molar-refractivity contribution >= 4 is 38.1 Å². The average molecular weight is 373 g/mol. The summed E-state index contributed by atoms with van der Waals surface area (Å²) in [5.74, 6) is 0.276. The SMILES string of the molecule is O=S(=O)(Nc1ccc2nc(-c3ccc(F)cc3)[nH]c2c1)c1cccs1. The standard InChI is InChI=1S/C17H12FN3O2S2/c18-12-5-3-11(4-6-12)17-19-14-8-7-13(10-15(14)20-17)21-25(22,23)16-2-1-9-24-16/h1-10,21H,(H,19,20). The molecule has 0 fully saturated rings. The number of nitrogens with zero attached hydrogens (tertiary/aromatic N) is 1. The number of hydrogen-bond donors (Lipinski definition) is 2. The van der Waals surface area contributed by atoms with Gasteiger partial charge in [-0.1, -0.05) is 6.07 Å². The Bertz CT molecular complexity index is 1130. The van der Waals surface area contributed by atoms with Gasteiger partial charge >= 0.3 is 0 Å². The smallest absolute Gasteiger partial charge is 0.271 e. The molecule has 2 aromatic heterocycles. The molecule has 0 atom stereocenters. The predicted molar refractivity (Wildman–Crippen MR) is 96.6 cm³/mol. The van der Waals surface area contributed by atoms with Gasteiger partial charge in [0, 0.05) is 5.56 Å². The molecule has 0 radical (unpaired) electrons. The van der Waals surface area contributed by atoms with Crippen molar-refractivity contribution in [3.63, 3.8) is 0 Å². The third kappa shape index (κ3) is 3.13. The van der Waals surface area contributed by atoms with Crippen molar-refractivity contribution in [2.45, 2.75) is 4.21 Å². The third-order valence-corrected chi connectivity index (χ3v) is 6.39. The number of halogens is 1. The number of fused-ring (bicyclic) bond motifs is 1. The Kier molecular flexibility index (Phi) is 3.78. The topological polar surface area (TPSA) is 74.8 Å². The normalized spacial score (nSPS) is 11.7. The maximum Gasteiger partial charge on any atom is 0.271 e. The summed E-state index contributed by atoms with van der Waals surface area (Å²) in [6, 6.07) is 14.3. The maximum atomic E-state index is 13.0. The van der Waals surface area contributed by atoms with Gasteiger partial charge in [0.25, 0.3) is 10.0 Å². The Morgan fingerprint density at radius 2 is 1.88 bits per heavy atom. The molecule has 0 bridgehead atoms. The van der Waals surface area contributed by atoms with Crippen molar-refractivity contribution in [3.05, 3.63) is 65.8 Å². The zero-order valence-electron chi connectivity index (χ0n) is 12.7. The summed E-state index contributed by atoms with van der Waals surface area (Å²) in [6.45, 7) is 0. The van der Waals surface area contributed by atoms with Crippen LogP contribution >= 0.6 is 11.3 Å². The Labute approximate surface area is 147 Å². The number of nitrogens with one attached hydrogen (secondary N) is 2. The van der Waals surface area contributed by atoms with Crippen LogP contribution in [0.4, 0.5) is 10.1 Å². The molecule has 8 heteroatoms. The van der Waals surface area contributed by atoms with Gasteiger partial charge in [0.1, 0.15) is 15.9 Å². The number of sulfonamides is 1. The van der Waals surface area contributed by atoms with Gasteiger partial charge in [-0.3, -0.25) is 4.72 Å². The van der Waals surface area contributed by atoms with Crippen molar-refractivity contribution in [1.29, 1.82) is 0 Å². The molecule has 2 N–H and O–H groups in total. The molecule has 126 valence electrons. The molecule has 0 amide bonds. The summed E-state index contributed by atoms with van der Waals surface area (Å²) in [6.07, 6.45) is 0. The zero-order chi connectivity index (χ0) is 17.4. The second-order valence-electron chi connectivity index (χ2n) is 5.36. The van der Waals surface area contributed by atoms with Crippen molar-refractivity contribution in [2.75, 3.05) is 4.72 Å². The van der Waals surface area contributed by atoms with E-state index in [1.54, 1.807) is 47.8 Å². The number of benzene rings is 2. The van der Waals surface area contributed by atoms with Gasteiger partial charge in [0.15, 0.2) is 0 Å². The van der Waals surface area contributed by atoms with Gasteiger partial charge < -0.3 is 4.98 Å². The van der Waals surface area contributed by atoms with Crippen LogP contribution in [0.3, 0.4) is 0 Å². The van der Waals surface area contributed by atoms with Gasteiger partial charge in [-0.2, -0.15) is 0 Å². The molecular weight excluding hydrogens is 361 g/mol. The molecule has 25 heavy (non-hydrogen) atoms. The summed E-state index contributed by atoms with van der Waals surface area (Å²) in [5.41, 5.74) is 2.57. The van der Waals surface area contributed by atoms with Crippen LogP contribution in [0.15, 0.2) is 64.2 Å². The summed E-state index contributed by atoms with van der Waals surface area (Å²) < 4.78 is 40.4. The van der Waals surface area contributed by atoms with E-state index in [0.717, 1.165) is 16.9 Å². The van der Waals surface area contributed by atoms with Crippen LogP contribution in [-0.2, 0) is 10.0 Å². The van der Waals surface area contributed by atoms with Crippen LogP contribution in [0.25, 0.3) is 22.4 Å². The van der Waals surface area contributed by atoms with Crippen molar-refractivity contribution in [1.82, 2.24) is 9.97 Å². The second-order valence-corrected chi connectivity index (χ2v) is 8.22. The molecule has 0 saturated carbocycles. The zero-order valence-corrected chi connectivity index (χ0v) is 14.4. The highest BCUT2D eigenvalue weighted by atomic mass is 32.2. The number of thiophene rings is 1. The van der Waals surface area contributed by atoms with E-state index in [0.29, 0.717) is 22.5 Å². The van der Waals surface area contributed by atoms with E-state index in [-0.39, 0.29) is 10.0 Å². The highest BCUT2D eigenvalue weighted by molar-refractivity contribution is 7.94. The van der Waals surface area contributed by atoms with E-state index in [1.807, 2.05) is 0 Å². The summed E-state index contributed by atoms with van der Waals surface area (Å²) in [5, 5.41) is 1.71. The minimum Gasteiger partial charge on any atom is -0.338 e. The van der Waals surface area contributed by atoms with E-state index in [1.165, 1.54) is 12.1 Å². The molecular formula is C17H12FN3O2S2. The Hall–Kier alpha value is -2.71. The molecule has 0 saturated heterocycles. The van der Waals surface area contributed by atoms with E-state index in [9.17, 15) is 12.8 Å². The molecule has 4 rings (SSSR count). The van der Waals surface area contributed by atoms with Crippen LogP contribution in [0, 0.1) is 5.82 Å². The van der Waals surface area contributed by atoms with Crippen molar-refractivity contribution in [3.8, 4) is 11.4 Å². The molecule has 0 aliphatic heterocycles. The van der Waals surface area contributed by atoms with Gasteiger partial charge in [0.05, 0.1) is 16.7 Å². The lowest BCUT2D eigenvalue weighted by Gasteiger charge is -2.05. The highest BCUT2D eigenvalue weighted by Gasteiger charge is 2.15. The quantitative estimate of drug-likeness (QED) is 0.562. The number of hydrogen-bond acceptors (Lipinski definition) is 4. The minimum absolute atomic E-state index is 0.254. The number of aromatic amines is 1. The number of rotatable bonds is 4.